The average Bonchev–Trinajstić information content (AvgIpc) is 3.00. The van der Waals surface area contributed by atoms with Crippen molar-refractivity contribution in [3.8, 4) is 5.95 Å². The van der Waals surface area contributed by atoms with Crippen molar-refractivity contribution in [3.63, 3.8) is 0 Å². The van der Waals surface area contributed by atoms with Crippen molar-refractivity contribution in [3.05, 3.63) is 18.5 Å². The van der Waals surface area contributed by atoms with E-state index in [0.717, 1.165) is 13.0 Å². The molecule has 0 aliphatic carbocycles. The maximum Gasteiger partial charge on any atom is 0.257 e. The lowest BCUT2D eigenvalue weighted by molar-refractivity contribution is 0.686. The molecule has 8 heteroatoms. The third kappa shape index (κ3) is 5.22. The number of thioether (sulfide) groups is 1. The van der Waals surface area contributed by atoms with E-state index in [1.807, 2.05) is 17.8 Å². The van der Waals surface area contributed by atoms with Crippen LogP contribution >= 0.6 is 11.8 Å². The lowest BCUT2D eigenvalue weighted by atomic mass is 10.2. The van der Waals surface area contributed by atoms with Gasteiger partial charge in [-0.3, -0.25) is 0 Å². The zero-order valence-corrected chi connectivity index (χ0v) is 13.0. The summed E-state index contributed by atoms with van der Waals surface area (Å²) in [7, 11) is 0. The summed E-state index contributed by atoms with van der Waals surface area (Å²) >= 11 is 1.90. The molecule has 0 saturated heterocycles. The third-order valence-corrected chi connectivity index (χ3v) is 3.61. The maximum atomic E-state index is 5.71. The minimum atomic E-state index is 0.193. The van der Waals surface area contributed by atoms with Crippen molar-refractivity contribution in [2.24, 2.45) is 0 Å². The van der Waals surface area contributed by atoms with Gasteiger partial charge in [-0.15, -0.1) is 0 Å². The molecular formula is C13H21N7S. The molecule has 0 unspecified atom stereocenters. The van der Waals surface area contributed by atoms with Crippen LogP contribution in [0.4, 0.5) is 11.9 Å². The summed E-state index contributed by atoms with van der Waals surface area (Å²) in [6.07, 6.45) is 10.4. The molecule has 0 saturated carbocycles. The molecule has 2 aromatic heterocycles. The van der Waals surface area contributed by atoms with Gasteiger partial charge in [0.05, 0.1) is 0 Å². The number of aromatic nitrogens is 5. The predicted molar refractivity (Wildman–Crippen MR) is 86.7 cm³/mol. The fourth-order valence-electron chi connectivity index (χ4n) is 1.87. The molecule has 7 nitrogen and oxygen atoms in total. The molecule has 0 aliphatic rings. The number of nitrogens with zero attached hydrogens (tertiary/aromatic N) is 5. The lowest BCUT2D eigenvalue weighted by Crippen LogP contribution is -2.12. The number of nitrogens with one attached hydrogen (secondary N) is 1. The zero-order chi connectivity index (χ0) is 14.9. The van der Waals surface area contributed by atoms with E-state index in [0.29, 0.717) is 11.9 Å². The van der Waals surface area contributed by atoms with Gasteiger partial charge in [0, 0.05) is 18.9 Å². The van der Waals surface area contributed by atoms with E-state index < -0.39 is 0 Å². The van der Waals surface area contributed by atoms with Crippen LogP contribution < -0.4 is 11.1 Å². The summed E-state index contributed by atoms with van der Waals surface area (Å²) in [6.45, 7) is 0.835. The van der Waals surface area contributed by atoms with Crippen LogP contribution in [-0.2, 0) is 0 Å². The number of unbranched alkanes of at least 4 members (excludes halogenated alkanes) is 3. The Morgan fingerprint density at radius 2 is 2.05 bits per heavy atom. The van der Waals surface area contributed by atoms with Gasteiger partial charge in [0.15, 0.2) is 0 Å². The third-order valence-electron chi connectivity index (χ3n) is 2.91. The van der Waals surface area contributed by atoms with Gasteiger partial charge in [-0.05, 0) is 30.9 Å². The molecule has 0 atom stereocenters. The number of hydrogen-bond acceptors (Lipinski definition) is 7. The summed E-state index contributed by atoms with van der Waals surface area (Å²) in [4.78, 5) is 12.5. The largest absolute Gasteiger partial charge is 0.368 e. The molecule has 0 aliphatic heterocycles. The Morgan fingerprint density at radius 1 is 1.19 bits per heavy atom. The Bertz CT molecular complexity index is 529. The predicted octanol–water partition coefficient (Wildman–Crippen LogP) is 1.97. The summed E-state index contributed by atoms with van der Waals surface area (Å²) in [5.74, 6) is 2.36. The fourth-order valence-corrected chi connectivity index (χ4v) is 2.37. The summed E-state index contributed by atoms with van der Waals surface area (Å²) in [5, 5.41) is 7.28. The molecule has 0 aromatic carbocycles. The molecule has 0 radical (unpaired) electrons. The molecule has 3 N–H and O–H groups in total. The Balaban J connectivity index is 1.81. The van der Waals surface area contributed by atoms with Crippen LogP contribution in [0.2, 0.25) is 0 Å². The highest BCUT2D eigenvalue weighted by Crippen LogP contribution is 2.08. The molecule has 0 bridgehead atoms. The van der Waals surface area contributed by atoms with E-state index in [2.05, 4.69) is 31.6 Å². The van der Waals surface area contributed by atoms with E-state index in [1.165, 1.54) is 25.0 Å². The van der Waals surface area contributed by atoms with Gasteiger partial charge in [-0.2, -0.15) is 31.8 Å². The van der Waals surface area contributed by atoms with Crippen LogP contribution in [0, 0.1) is 0 Å². The lowest BCUT2D eigenvalue weighted by Gasteiger charge is -2.07. The van der Waals surface area contributed by atoms with Crippen LogP contribution in [0.15, 0.2) is 18.5 Å². The van der Waals surface area contributed by atoms with Gasteiger partial charge in [0.2, 0.25) is 11.9 Å². The Morgan fingerprint density at radius 3 is 2.81 bits per heavy atom. The van der Waals surface area contributed by atoms with Crippen LogP contribution in [0.3, 0.4) is 0 Å². The molecule has 2 heterocycles. The van der Waals surface area contributed by atoms with E-state index >= 15 is 0 Å². The van der Waals surface area contributed by atoms with Crippen LogP contribution in [0.5, 0.6) is 0 Å². The van der Waals surface area contributed by atoms with Gasteiger partial charge < -0.3 is 11.1 Å². The monoisotopic (exact) mass is 307 g/mol. The number of anilines is 2. The zero-order valence-electron chi connectivity index (χ0n) is 12.2. The summed E-state index contributed by atoms with van der Waals surface area (Å²) in [5.41, 5.74) is 5.71. The number of rotatable bonds is 9. The van der Waals surface area contributed by atoms with Gasteiger partial charge >= 0.3 is 0 Å². The second kappa shape index (κ2) is 8.46. The van der Waals surface area contributed by atoms with Crippen LogP contribution in [0.25, 0.3) is 5.95 Å². The van der Waals surface area contributed by atoms with Gasteiger partial charge in [0.25, 0.3) is 5.95 Å². The SMILES string of the molecule is CSCCCCCCNc1nc(N)nc(-n2cccn2)n1. The first-order valence-electron chi connectivity index (χ1n) is 7.04. The van der Waals surface area contributed by atoms with E-state index in [4.69, 9.17) is 5.73 Å². The number of hydrogen-bond donors (Lipinski definition) is 2. The van der Waals surface area contributed by atoms with E-state index in [1.54, 1.807) is 17.1 Å². The van der Waals surface area contributed by atoms with Gasteiger partial charge in [-0.1, -0.05) is 12.8 Å². The summed E-state index contributed by atoms with van der Waals surface area (Å²) in [6, 6.07) is 1.81. The summed E-state index contributed by atoms with van der Waals surface area (Å²) < 4.78 is 1.56. The van der Waals surface area contributed by atoms with Crippen LogP contribution in [0.1, 0.15) is 25.7 Å². The minimum Gasteiger partial charge on any atom is -0.368 e. The Kier molecular flexibility index (Phi) is 6.26. The first-order valence-corrected chi connectivity index (χ1v) is 8.43. The molecule has 0 spiro atoms. The van der Waals surface area contributed by atoms with Crippen LogP contribution in [-0.4, -0.2) is 43.3 Å². The average molecular weight is 307 g/mol. The standard InChI is InChI=1S/C13H21N7S/c1-21-10-5-3-2-4-7-15-12-17-11(14)18-13(19-12)20-9-6-8-16-20/h6,8-9H,2-5,7,10H2,1H3,(H3,14,15,17,18,19). The first kappa shape index (κ1) is 15.6. The highest BCUT2D eigenvalue weighted by Gasteiger charge is 2.05. The van der Waals surface area contributed by atoms with Gasteiger partial charge in [0.1, 0.15) is 0 Å². The van der Waals surface area contributed by atoms with Crippen molar-refractivity contribution in [2.75, 3.05) is 29.6 Å². The molecule has 21 heavy (non-hydrogen) atoms. The number of nitrogen functional groups attached to an aromatic ring is 1. The van der Waals surface area contributed by atoms with Gasteiger partial charge in [-0.25, -0.2) is 4.68 Å². The smallest absolute Gasteiger partial charge is 0.257 e. The van der Waals surface area contributed by atoms with E-state index in [9.17, 15) is 0 Å². The van der Waals surface area contributed by atoms with Crippen molar-refractivity contribution in [1.82, 2.24) is 24.7 Å². The Labute approximate surface area is 128 Å². The quantitative estimate of drug-likeness (QED) is 0.684. The fraction of sp³-hybridized carbons (Fsp3) is 0.538. The highest BCUT2D eigenvalue weighted by molar-refractivity contribution is 7.98. The second-order valence-corrected chi connectivity index (χ2v) is 5.59. The normalized spacial score (nSPS) is 10.7. The maximum absolute atomic E-state index is 5.71. The van der Waals surface area contributed by atoms with Crippen molar-refractivity contribution in [2.45, 2.75) is 25.7 Å². The number of nitrogens with two attached hydrogens (primary N) is 1. The van der Waals surface area contributed by atoms with Crippen molar-refractivity contribution >= 4 is 23.7 Å². The second-order valence-electron chi connectivity index (χ2n) is 4.60. The van der Waals surface area contributed by atoms with Crippen molar-refractivity contribution in [1.29, 1.82) is 0 Å². The molecular weight excluding hydrogens is 286 g/mol. The molecule has 0 amide bonds. The van der Waals surface area contributed by atoms with Crippen molar-refractivity contribution < 1.29 is 0 Å². The molecule has 0 fully saturated rings. The molecule has 2 aromatic rings. The first-order chi connectivity index (χ1) is 10.3. The molecule has 114 valence electrons. The Hall–Kier alpha value is -1.83. The highest BCUT2D eigenvalue weighted by atomic mass is 32.2. The topological polar surface area (TPSA) is 94.5 Å². The van der Waals surface area contributed by atoms with E-state index in [-0.39, 0.29) is 5.95 Å². The minimum absolute atomic E-state index is 0.193. The molecule has 2 rings (SSSR count).